The van der Waals surface area contributed by atoms with Gasteiger partial charge in [-0.3, -0.25) is 4.90 Å². The van der Waals surface area contributed by atoms with Crippen molar-refractivity contribution in [3.8, 4) is 5.75 Å². The van der Waals surface area contributed by atoms with Crippen LogP contribution >= 0.6 is 24.8 Å². The lowest BCUT2D eigenvalue weighted by molar-refractivity contribution is 0.174. The van der Waals surface area contributed by atoms with Crippen LogP contribution in [0.2, 0.25) is 0 Å². The Labute approximate surface area is 134 Å². The first-order chi connectivity index (χ1) is 8.85. The lowest BCUT2D eigenvalue weighted by Gasteiger charge is -2.34. The molecule has 0 radical (unpaired) electrons. The zero-order chi connectivity index (χ0) is 12.8. The van der Waals surface area contributed by atoms with Crippen LogP contribution in [0.15, 0.2) is 36.9 Å². The molecule has 114 valence electrons. The first-order valence-electron chi connectivity index (χ1n) is 6.54. The Bertz CT molecular complexity index is 395. The summed E-state index contributed by atoms with van der Waals surface area (Å²) in [4.78, 5) is 2.52. The summed E-state index contributed by atoms with van der Waals surface area (Å²) >= 11 is 0. The lowest BCUT2D eigenvalue weighted by Crippen LogP contribution is -2.45. The van der Waals surface area contributed by atoms with Crippen molar-refractivity contribution >= 4 is 24.8 Å². The van der Waals surface area contributed by atoms with Gasteiger partial charge in [0, 0.05) is 32.2 Å². The summed E-state index contributed by atoms with van der Waals surface area (Å²) in [6, 6.07) is 8.79. The maximum Gasteiger partial charge on any atom is 0.119 e. The predicted octanol–water partition coefficient (Wildman–Crippen LogP) is 3.06. The van der Waals surface area contributed by atoms with E-state index in [-0.39, 0.29) is 24.8 Å². The predicted molar refractivity (Wildman–Crippen MR) is 89.5 cm³/mol. The second-order valence-corrected chi connectivity index (χ2v) is 4.60. The van der Waals surface area contributed by atoms with Gasteiger partial charge in [-0.25, -0.2) is 0 Å². The monoisotopic (exact) mass is 318 g/mol. The molecular weight excluding hydrogens is 295 g/mol. The van der Waals surface area contributed by atoms with Crippen LogP contribution in [-0.4, -0.2) is 38.2 Å². The molecule has 0 aromatic heterocycles. The molecule has 1 saturated heterocycles. The normalized spacial score (nSPS) is 16.4. The molecule has 1 aromatic rings. The van der Waals surface area contributed by atoms with Crippen LogP contribution in [0.25, 0.3) is 0 Å². The van der Waals surface area contributed by atoms with Crippen molar-refractivity contribution in [1.29, 1.82) is 0 Å². The van der Waals surface area contributed by atoms with Gasteiger partial charge in [0.15, 0.2) is 0 Å². The van der Waals surface area contributed by atoms with Crippen LogP contribution in [0.4, 0.5) is 0 Å². The number of nitrogens with zero attached hydrogens (tertiary/aromatic N) is 1. The van der Waals surface area contributed by atoms with Crippen LogP contribution in [-0.2, 0) is 0 Å². The number of nitrogens with one attached hydrogen (secondary N) is 1. The van der Waals surface area contributed by atoms with Gasteiger partial charge in [0.2, 0.25) is 0 Å². The molecule has 1 aliphatic rings. The fraction of sp³-hybridized carbons (Fsp3) is 0.467. The fourth-order valence-corrected chi connectivity index (χ4v) is 2.50. The maximum absolute atomic E-state index is 5.31. The molecule has 1 N–H and O–H groups in total. The standard InChI is InChI=1S/C15H22N2O.2ClH/c1-3-5-15(17-10-8-16-9-11-17)13-6-4-7-14(12-13)18-2;;/h3-4,6-7,12,15-16H,1,5,8-11H2,2H3;2*1H/t15-;;/m1../s1. The molecule has 0 saturated carbocycles. The number of ether oxygens (including phenoxy) is 1. The van der Waals surface area contributed by atoms with Crippen LogP contribution in [0.5, 0.6) is 5.75 Å². The molecule has 5 heteroatoms. The molecular formula is C15H24Cl2N2O. The fourth-order valence-electron chi connectivity index (χ4n) is 2.50. The van der Waals surface area contributed by atoms with Gasteiger partial charge in [-0.15, -0.1) is 31.4 Å². The van der Waals surface area contributed by atoms with Gasteiger partial charge in [0.25, 0.3) is 0 Å². The third-order valence-electron chi connectivity index (χ3n) is 3.46. The van der Waals surface area contributed by atoms with Crippen molar-refractivity contribution < 1.29 is 4.74 Å². The van der Waals surface area contributed by atoms with E-state index in [1.165, 1.54) is 5.56 Å². The maximum atomic E-state index is 5.31. The summed E-state index contributed by atoms with van der Waals surface area (Å²) < 4.78 is 5.31. The first kappa shape index (κ1) is 19.3. The molecule has 1 heterocycles. The minimum Gasteiger partial charge on any atom is -0.497 e. The third-order valence-corrected chi connectivity index (χ3v) is 3.46. The summed E-state index contributed by atoms with van der Waals surface area (Å²) in [6.07, 6.45) is 2.99. The van der Waals surface area contributed by atoms with E-state index in [1.54, 1.807) is 7.11 Å². The summed E-state index contributed by atoms with van der Waals surface area (Å²) in [6.45, 7) is 8.21. The van der Waals surface area contributed by atoms with Gasteiger partial charge in [0.05, 0.1) is 7.11 Å². The molecule has 0 aliphatic carbocycles. The number of piperazine rings is 1. The Morgan fingerprint density at radius 2 is 2.05 bits per heavy atom. The number of hydrogen-bond donors (Lipinski definition) is 1. The average molecular weight is 319 g/mol. The number of benzene rings is 1. The Balaban J connectivity index is 0.00000180. The zero-order valence-corrected chi connectivity index (χ0v) is 13.5. The van der Waals surface area contributed by atoms with Crippen LogP contribution in [0.3, 0.4) is 0 Å². The SMILES string of the molecule is C=CC[C@H](c1cccc(OC)c1)N1CCNCC1.Cl.Cl. The second kappa shape index (κ2) is 10.1. The third kappa shape index (κ3) is 4.98. The van der Waals surface area contributed by atoms with Gasteiger partial charge >= 0.3 is 0 Å². The van der Waals surface area contributed by atoms with E-state index in [2.05, 4.69) is 35.0 Å². The van der Waals surface area contributed by atoms with Crippen molar-refractivity contribution in [2.75, 3.05) is 33.3 Å². The van der Waals surface area contributed by atoms with Gasteiger partial charge < -0.3 is 10.1 Å². The van der Waals surface area contributed by atoms with Gasteiger partial charge in [-0.1, -0.05) is 18.2 Å². The van der Waals surface area contributed by atoms with E-state index in [0.717, 1.165) is 38.3 Å². The lowest BCUT2D eigenvalue weighted by atomic mass is 10.0. The summed E-state index contributed by atoms with van der Waals surface area (Å²) in [7, 11) is 1.71. The molecule has 1 fully saturated rings. The van der Waals surface area contributed by atoms with Crippen LogP contribution in [0, 0.1) is 0 Å². The Morgan fingerprint density at radius 3 is 2.65 bits per heavy atom. The van der Waals surface area contributed by atoms with E-state index in [9.17, 15) is 0 Å². The number of hydrogen-bond acceptors (Lipinski definition) is 3. The molecule has 0 amide bonds. The van der Waals surface area contributed by atoms with Crippen molar-refractivity contribution in [3.63, 3.8) is 0 Å². The number of methoxy groups -OCH3 is 1. The highest BCUT2D eigenvalue weighted by molar-refractivity contribution is 5.85. The molecule has 3 nitrogen and oxygen atoms in total. The molecule has 0 spiro atoms. The molecule has 1 aliphatic heterocycles. The summed E-state index contributed by atoms with van der Waals surface area (Å²) in [5.74, 6) is 0.927. The Hall–Kier alpha value is -0.740. The van der Waals surface area contributed by atoms with Crippen molar-refractivity contribution in [2.45, 2.75) is 12.5 Å². The molecule has 1 atom stereocenters. The average Bonchev–Trinajstić information content (AvgIpc) is 2.46. The van der Waals surface area contributed by atoms with Crippen LogP contribution < -0.4 is 10.1 Å². The van der Waals surface area contributed by atoms with Crippen molar-refractivity contribution in [1.82, 2.24) is 10.2 Å². The molecule has 2 rings (SSSR count). The minimum atomic E-state index is 0. The highest BCUT2D eigenvalue weighted by Gasteiger charge is 2.21. The topological polar surface area (TPSA) is 24.5 Å². The molecule has 0 unspecified atom stereocenters. The summed E-state index contributed by atoms with van der Waals surface area (Å²) in [5.41, 5.74) is 1.32. The number of halogens is 2. The minimum absolute atomic E-state index is 0. The largest absolute Gasteiger partial charge is 0.497 e. The smallest absolute Gasteiger partial charge is 0.119 e. The van der Waals surface area contributed by atoms with Crippen molar-refractivity contribution in [3.05, 3.63) is 42.5 Å². The van der Waals surface area contributed by atoms with Gasteiger partial charge in [-0.05, 0) is 24.1 Å². The molecule has 1 aromatic carbocycles. The van der Waals surface area contributed by atoms with Gasteiger partial charge in [0.1, 0.15) is 5.75 Å². The first-order valence-corrected chi connectivity index (χ1v) is 6.54. The van der Waals surface area contributed by atoms with E-state index >= 15 is 0 Å². The Morgan fingerprint density at radius 1 is 1.35 bits per heavy atom. The second-order valence-electron chi connectivity index (χ2n) is 4.60. The Kier molecular flexibility index (Phi) is 9.68. The summed E-state index contributed by atoms with van der Waals surface area (Å²) in [5, 5.41) is 3.39. The van der Waals surface area contributed by atoms with E-state index < -0.39 is 0 Å². The zero-order valence-electron chi connectivity index (χ0n) is 11.9. The van der Waals surface area contributed by atoms with E-state index in [0.29, 0.717) is 6.04 Å². The van der Waals surface area contributed by atoms with Gasteiger partial charge in [-0.2, -0.15) is 0 Å². The molecule has 20 heavy (non-hydrogen) atoms. The molecule has 0 bridgehead atoms. The van der Waals surface area contributed by atoms with E-state index in [1.807, 2.05) is 12.1 Å². The van der Waals surface area contributed by atoms with Crippen LogP contribution in [0.1, 0.15) is 18.0 Å². The highest BCUT2D eigenvalue weighted by Crippen LogP contribution is 2.27. The van der Waals surface area contributed by atoms with Crippen molar-refractivity contribution in [2.24, 2.45) is 0 Å². The number of rotatable bonds is 5. The quantitative estimate of drug-likeness (QED) is 0.844. The van der Waals surface area contributed by atoms with E-state index in [4.69, 9.17) is 4.74 Å². The highest BCUT2D eigenvalue weighted by atomic mass is 35.5.